The van der Waals surface area contributed by atoms with Gasteiger partial charge in [0, 0.05) is 9.75 Å². The van der Waals surface area contributed by atoms with Crippen molar-refractivity contribution < 1.29 is 0 Å². The third-order valence-corrected chi connectivity index (χ3v) is 3.85. The average Bonchev–Trinajstić information content (AvgIpc) is 2.85. The lowest BCUT2D eigenvalue weighted by molar-refractivity contribution is 1.10. The number of thiocarbonyl (C=S) groups is 1. The number of anilines is 1. The predicted molar refractivity (Wildman–Crippen MR) is 78.9 cm³/mol. The highest BCUT2D eigenvalue weighted by atomic mass is 32.1. The van der Waals surface area contributed by atoms with Gasteiger partial charge >= 0.3 is 0 Å². The summed E-state index contributed by atoms with van der Waals surface area (Å²) in [6.45, 7) is 2.91. The van der Waals surface area contributed by atoms with Crippen LogP contribution in [-0.4, -0.2) is 15.0 Å². The normalized spacial score (nSPS) is 10.3. The van der Waals surface area contributed by atoms with Crippen LogP contribution in [0.2, 0.25) is 0 Å². The Morgan fingerprint density at radius 2 is 2.11 bits per heavy atom. The van der Waals surface area contributed by atoms with Gasteiger partial charge in [0.2, 0.25) is 0 Å². The van der Waals surface area contributed by atoms with Gasteiger partial charge in [-0.05, 0) is 18.6 Å². The first kappa shape index (κ1) is 12.9. The van der Waals surface area contributed by atoms with E-state index in [0.29, 0.717) is 5.69 Å². The fourth-order valence-corrected chi connectivity index (χ4v) is 2.43. The summed E-state index contributed by atoms with van der Waals surface area (Å²) in [6.07, 6.45) is 4.30. The first-order valence-electron chi connectivity index (χ1n) is 5.62. The molecule has 0 bridgehead atoms. The fraction of sp³-hybridized carbons (Fsp3) is 0.250. The maximum absolute atomic E-state index is 5.46. The van der Waals surface area contributed by atoms with Crippen LogP contribution in [0.25, 0.3) is 0 Å². The quantitative estimate of drug-likeness (QED) is 0.822. The Morgan fingerprint density at radius 1 is 1.33 bits per heavy atom. The lowest BCUT2D eigenvalue weighted by Crippen LogP contribution is -2.12. The molecule has 0 aliphatic carbocycles. The van der Waals surface area contributed by atoms with Crippen LogP contribution in [0.4, 0.5) is 5.82 Å². The Bertz CT molecular complexity index is 533. The molecule has 2 heterocycles. The van der Waals surface area contributed by atoms with Crippen molar-refractivity contribution in [2.24, 2.45) is 5.73 Å². The van der Waals surface area contributed by atoms with Crippen LogP contribution >= 0.6 is 23.6 Å². The van der Waals surface area contributed by atoms with Gasteiger partial charge in [0.15, 0.2) is 0 Å². The van der Waals surface area contributed by atoms with E-state index in [2.05, 4.69) is 34.3 Å². The van der Waals surface area contributed by atoms with Crippen molar-refractivity contribution in [3.05, 3.63) is 40.0 Å². The molecule has 94 valence electrons. The molecule has 0 saturated carbocycles. The van der Waals surface area contributed by atoms with Crippen molar-refractivity contribution in [2.45, 2.75) is 19.9 Å². The molecule has 0 aliphatic rings. The van der Waals surface area contributed by atoms with E-state index in [1.54, 1.807) is 12.4 Å². The number of hydrogen-bond donors (Lipinski definition) is 2. The second-order valence-corrected chi connectivity index (χ2v) is 5.42. The van der Waals surface area contributed by atoms with E-state index in [9.17, 15) is 0 Å². The van der Waals surface area contributed by atoms with Crippen LogP contribution in [0.3, 0.4) is 0 Å². The molecule has 0 saturated heterocycles. The van der Waals surface area contributed by atoms with Gasteiger partial charge in [-0.25, -0.2) is 9.97 Å². The SMILES string of the molecule is CCc1ccc(CNc2cnc(C(N)=S)cn2)s1. The van der Waals surface area contributed by atoms with Crippen LogP contribution < -0.4 is 11.1 Å². The molecule has 6 heteroatoms. The molecule has 0 aliphatic heterocycles. The maximum Gasteiger partial charge on any atom is 0.144 e. The summed E-state index contributed by atoms with van der Waals surface area (Å²) in [5, 5.41) is 3.22. The largest absolute Gasteiger partial charge is 0.388 e. The monoisotopic (exact) mass is 278 g/mol. The van der Waals surface area contributed by atoms with Gasteiger partial charge in [-0.15, -0.1) is 11.3 Å². The van der Waals surface area contributed by atoms with Gasteiger partial charge in [0.1, 0.15) is 16.5 Å². The third kappa shape index (κ3) is 3.24. The first-order valence-corrected chi connectivity index (χ1v) is 6.85. The highest BCUT2D eigenvalue weighted by Crippen LogP contribution is 2.17. The van der Waals surface area contributed by atoms with Gasteiger partial charge in [-0.3, -0.25) is 0 Å². The number of nitrogens with zero attached hydrogens (tertiary/aromatic N) is 2. The summed E-state index contributed by atoms with van der Waals surface area (Å²) in [4.78, 5) is 11.3. The number of aryl methyl sites for hydroxylation is 1. The highest BCUT2D eigenvalue weighted by Gasteiger charge is 2.01. The number of nitrogens with two attached hydrogens (primary N) is 1. The predicted octanol–water partition coefficient (Wildman–Crippen LogP) is 2.35. The number of hydrogen-bond acceptors (Lipinski definition) is 5. The molecule has 3 N–H and O–H groups in total. The lowest BCUT2D eigenvalue weighted by atomic mass is 10.3. The zero-order valence-corrected chi connectivity index (χ0v) is 11.6. The molecule has 0 unspecified atom stereocenters. The van der Waals surface area contributed by atoms with Crippen LogP contribution in [-0.2, 0) is 13.0 Å². The van der Waals surface area contributed by atoms with Gasteiger partial charge < -0.3 is 11.1 Å². The molecule has 2 aromatic rings. The van der Waals surface area contributed by atoms with Crippen molar-refractivity contribution in [3.63, 3.8) is 0 Å². The zero-order valence-electron chi connectivity index (χ0n) is 10.0. The number of thiophene rings is 1. The molecule has 0 spiro atoms. The van der Waals surface area contributed by atoms with Gasteiger partial charge in [-0.2, -0.15) is 0 Å². The Hall–Kier alpha value is -1.53. The van der Waals surface area contributed by atoms with Crippen LogP contribution in [0, 0.1) is 0 Å². The Labute approximate surface area is 115 Å². The van der Waals surface area contributed by atoms with E-state index in [0.717, 1.165) is 18.8 Å². The topological polar surface area (TPSA) is 63.8 Å². The van der Waals surface area contributed by atoms with E-state index in [1.165, 1.54) is 9.75 Å². The third-order valence-electron chi connectivity index (χ3n) is 2.41. The van der Waals surface area contributed by atoms with Gasteiger partial charge in [0.25, 0.3) is 0 Å². The minimum Gasteiger partial charge on any atom is -0.388 e. The lowest BCUT2D eigenvalue weighted by Gasteiger charge is -2.03. The van der Waals surface area contributed by atoms with Crippen LogP contribution in [0.15, 0.2) is 24.5 Å². The average molecular weight is 278 g/mol. The molecule has 2 aromatic heterocycles. The van der Waals surface area contributed by atoms with Crippen molar-refractivity contribution in [3.8, 4) is 0 Å². The van der Waals surface area contributed by atoms with E-state index in [-0.39, 0.29) is 4.99 Å². The van der Waals surface area contributed by atoms with Crippen molar-refractivity contribution >= 4 is 34.4 Å². The summed E-state index contributed by atoms with van der Waals surface area (Å²) in [5.74, 6) is 0.724. The molecule has 0 amide bonds. The van der Waals surface area contributed by atoms with Crippen LogP contribution in [0.5, 0.6) is 0 Å². The van der Waals surface area contributed by atoms with Gasteiger partial charge in [0.05, 0.1) is 18.9 Å². The second-order valence-electron chi connectivity index (χ2n) is 3.73. The Kier molecular flexibility index (Phi) is 4.22. The number of aromatic nitrogens is 2. The van der Waals surface area contributed by atoms with Crippen LogP contribution in [0.1, 0.15) is 22.4 Å². The first-order chi connectivity index (χ1) is 8.69. The molecule has 0 radical (unpaired) electrons. The summed E-state index contributed by atoms with van der Waals surface area (Å²) < 4.78 is 0. The minimum atomic E-state index is 0.264. The molecule has 4 nitrogen and oxygen atoms in total. The molecule has 0 atom stereocenters. The molecule has 0 fully saturated rings. The summed E-state index contributed by atoms with van der Waals surface area (Å²) in [5.41, 5.74) is 6.00. The summed E-state index contributed by atoms with van der Waals surface area (Å²) in [7, 11) is 0. The van der Waals surface area contributed by atoms with E-state index >= 15 is 0 Å². The van der Waals surface area contributed by atoms with E-state index in [4.69, 9.17) is 18.0 Å². The second kappa shape index (κ2) is 5.88. The van der Waals surface area contributed by atoms with Crippen molar-refractivity contribution in [1.82, 2.24) is 9.97 Å². The number of nitrogens with one attached hydrogen (secondary N) is 1. The Balaban J connectivity index is 1.95. The fourth-order valence-electron chi connectivity index (χ4n) is 1.43. The van der Waals surface area contributed by atoms with Gasteiger partial charge in [-0.1, -0.05) is 19.1 Å². The van der Waals surface area contributed by atoms with Crippen molar-refractivity contribution in [1.29, 1.82) is 0 Å². The molecule has 0 aromatic carbocycles. The standard InChI is InChI=1S/C12H14N4S2/c1-2-8-3-4-9(18-8)5-15-11-7-14-10(6-16-11)12(13)17/h3-4,6-7H,2,5H2,1H3,(H2,13,17)(H,15,16). The molecular weight excluding hydrogens is 264 g/mol. The summed E-state index contributed by atoms with van der Waals surface area (Å²) >= 11 is 6.63. The highest BCUT2D eigenvalue weighted by molar-refractivity contribution is 7.80. The Morgan fingerprint density at radius 3 is 2.67 bits per heavy atom. The van der Waals surface area contributed by atoms with E-state index in [1.807, 2.05) is 11.3 Å². The minimum absolute atomic E-state index is 0.264. The molecule has 18 heavy (non-hydrogen) atoms. The molecule has 2 rings (SSSR count). The van der Waals surface area contributed by atoms with E-state index < -0.39 is 0 Å². The smallest absolute Gasteiger partial charge is 0.144 e. The summed E-state index contributed by atoms with van der Waals surface area (Å²) in [6, 6.07) is 4.29. The van der Waals surface area contributed by atoms with Crippen molar-refractivity contribution in [2.75, 3.05) is 5.32 Å². The maximum atomic E-state index is 5.46. The zero-order chi connectivity index (χ0) is 13.0. The molecular formula is C12H14N4S2. The number of rotatable bonds is 5.